The summed E-state index contributed by atoms with van der Waals surface area (Å²) in [7, 11) is 0. The smallest absolute Gasteiger partial charge is 0.0486 e. The number of hydrogen-bond donors (Lipinski definition) is 1. The van der Waals surface area contributed by atoms with Gasteiger partial charge in [-0.3, -0.25) is 0 Å². The summed E-state index contributed by atoms with van der Waals surface area (Å²) in [6.07, 6.45) is 9.26. The number of para-hydroxylation sites is 1. The van der Waals surface area contributed by atoms with Gasteiger partial charge in [-0.15, -0.1) is 0 Å². The molecule has 106 valence electrons. The molecule has 1 aromatic heterocycles. The number of fused-ring (bicyclic) bond motifs is 1. The molecule has 0 fully saturated rings. The van der Waals surface area contributed by atoms with E-state index in [-0.39, 0.29) is 0 Å². The van der Waals surface area contributed by atoms with Gasteiger partial charge in [0.2, 0.25) is 0 Å². The molecule has 3 rings (SSSR count). The predicted molar refractivity (Wildman–Crippen MR) is 90.4 cm³/mol. The minimum atomic E-state index is 1.00. The maximum Gasteiger partial charge on any atom is 0.0486 e. The molecule has 0 saturated carbocycles. The van der Waals surface area contributed by atoms with Gasteiger partial charge in [0.05, 0.1) is 0 Å². The third-order valence-electron chi connectivity index (χ3n) is 3.95. The standard InChI is InChI=1S/C17H22N2S/c1-20-12-4-11-19-13-16(14-7-9-18-10-8-14)15-5-2-3-6-17(15)19/h2-3,5-7,13,18H,4,8-12H2,1H3. The lowest BCUT2D eigenvalue weighted by Crippen LogP contribution is -2.19. The normalized spacial score (nSPS) is 15.6. The van der Waals surface area contributed by atoms with Crippen LogP contribution in [0.3, 0.4) is 0 Å². The zero-order valence-corrected chi connectivity index (χ0v) is 12.9. The average Bonchev–Trinajstić information content (AvgIpc) is 2.88. The van der Waals surface area contributed by atoms with Gasteiger partial charge in [0.1, 0.15) is 0 Å². The van der Waals surface area contributed by atoms with Gasteiger partial charge in [0.15, 0.2) is 0 Å². The second-order valence-electron chi connectivity index (χ2n) is 5.28. The van der Waals surface area contributed by atoms with Crippen LogP contribution in [0.1, 0.15) is 18.4 Å². The second kappa shape index (κ2) is 6.51. The molecule has 0 saturated heterocycles. The number of hydrogen-bond acceptors (Lipinski definition) is 2. The highest BCUT2D eigenvalue weighted by molar-refractivity contribution is 7.98. The molecule has 1 N–H and O–H groups in total. The van der Waals surface area contributed by atoms with E-state index in [0.717, 1.165) is 26.1 Å². The molecule has 1 aromatic carbocycles. The molecule has 3 heteroatoms. The van der Waals surface area contributed by atoms with Crippen LogP contribution < -0.4 is 5.32 Å². The number of aromatic nitrogens is 1. The minimum absolute atomic E-state index is 1.00. The summed E-state index contributed by atoms with van der Waals surface area (Å²) in [5.41, 5.74) is 4.32. The van der Waals surface area contributed by atoms with E-state index in [2.05, 4.69) is 52.7 Å². The van der Waals surface area contributed by atoms with Gasteiger partial charge < -0.3 is 9.88 Å². The third-order valence-corrected chi connectivity index (χ3v) is 4.64. The van der Waals surface area contributed by atoms with Gasteiger partial charge in [-0.1, -0.05) is 24.3 Å². The van der Waals surface area contributed by atoms with Crippen LogP contribution in [0.15, 0.2) is 36.5 Å². The van der Waals surface area contributed by atoms with E-state index in [0.29, 0.717) is 0 Å². The molecule has 0 unspecified atom stereocenters. The van der Waals surface area contributed by atoms with Crippen molar-refractivity contribution in [1.29, 1.82) is 0 Å². The molecule has 0 atom stereocenters. The maximum atomic E-state index is 3.40. The van der Waals surface area contributed by atoms with E-state index in [9.17, 15) is 0 Å². The first-order valence-corrected chi connectivity index (χ1v) is 8.76. The van der Waals surface area contributed by atoms with Crippen molar-refractivity contribution in [3.05, 3.63) is 42.1 Å². The van der Waals surface area contributed by atoms with E-state index in [1.54, 1.807) is 0 Å². The summed E-state index contributed by atoms with van der Waals surface area (Å²) < 4.78 is 2.43. The maximum absolute atomic E-state index is 3.40. The van der Waals surface area contributed by atoms with Gasteiger partial charge in [-0.2, -0.15) is 11.8 Å². The summed E-state index contributed by atoms with van der Waals surface area (Å²) >= 11 is 1.93. The van der Waals surface area contributed by atoms with E-state index < -0.39 is 0 Å². The fraction of sp³-hybridized carbons (Fsp3) is 0.412. The fourth-order valence-corrected chi connectivity index (χ4v) is 3.35. The predicted octanol–water partition coefficient (Wildman–Crippen LogP) is 3.77. The molecule has 2 heterocycles. The van der Waals surface area contributed by atoms with E-state index >= 15 is 0 Å². The Bertz CT molecular complexity index is 612. The summed E-state index contributed by atoms with van der Waals surface area (Å²) in [5.74, 6) is 1.23. The fourth-order valence-electron chi connectivity index (χ4n) is 2.93. The Kier molecular flexibility index (Phi) is 4.48. The number of nitrogens with one attached hydrogen (secondary N) is 1. The van der Waals surface area contributed by atoms with Crippen LogP contribution in [0.5, 0.6) is 0 Å². The molecule has 0 aliphatic carbocycles. The number of rotatable bonds is 5. The van der Waals surface area contributed by atoms with Gasteiger partial charge in [-0.25, -0.2) is 0 Å². The van der Waals surface area contributed by atoms with Crippen LogP contribution in [-0.2, 0) is 6.54 Å². The third kappa shape index (κ3) is 2.79. The summed E-state index contributed by atoms with van der Waals surface area (Å²) in [4.78, 5) is 0. The van der Waals surface area contributed by atoms with Crippen molar-refractivity contribution < 1.29 is 0 Å². The Morgan fingerprint density at radius 1 is 1.30 bits per heavy atom. The highest BCUT2D eigenvalue weighted by Gasteiger charge is 2.13. The first kappa shape index (κ1) is 13.8. The van der Waals surface area contributed by atoms with Crippen molar-refractivity contribution in [2.45, 2.75) is 19.4 Å². The number of thioether (sulfide) groups is 1. The Morgan fingerprint density at radius 2 is 2.20 bits per heavy atom. The quantitative estimate of drug-likeness (QED) is 0.843. The average molecular weight is 286 g/mol. The van der Waals surface area contributed by atoms with E-state index in [1.165, 1.54) is 34.2 Å². The van der Waals surface area contributed by atoms with Gasteiger partial charge >= 0.3 is 0 Å². The zero-order chi connectivity index (χ0) is 13.8. The zero-order valence-electron chi connectivity index (χ0n) is 12.1. The first-order chi connectivity index (χ1) is 9.90. The Labute approximate surface area is 125 Å². The molecule has 1 aliphatic rings. The summed E-state index contributed by atoms with van der Waals surface area (Å²) in [6.45, 7) is 3.21. The molecular formula is C17H22N2S. The molecule has 20 heavy (non-hydrogen) atoms. The lowest BCUT2D eigenvalue weighted by atomic mass is 10.00. The Morgan fingerprint density at radius 3 is 3.00 bits per heavy atom. The van der Waals surface area contributed by atoms with Crippen molar-refractivity contribution in [3.8, 4) is 0 Å². The molecule has 0 amide bonds. The molecule has 0 radical (unpaired) electrons. The molecule has 2 nitrogen and oxygen atoms in total. The minimum Gasteiger partial charge on any atom is -0.347 e. The highest BCUT2D eigenvalue weighted by atomic mass is 32.2. The van der Waals surface area contributed by atoms with Crippen molar-refractivity contribution >= 4 is 28.2 Å². The van der Waals surface area contributed by atoms with Crippen LogP contribution in [-0.4, -0.2) is 29.7 Å². The lowest BCUT2D eigenvalue weighted by Gasteiger charge is -2.13. The van der Waals surface area contributed by atoms with Crippen LogP contribution in [0.4, 0.5) is 0 Å². The van der Waals surface area contributed by atoms with Gasteiger partial charge in [-0.05, 0) is 43.0 Å². The number of aryl methyl sites for hydroxylation is 1. The van der Waals surface area contributed by atoms with Crippen LogP contribution >= 0.6 is 11.8 Å². The monoisotopic (exact) mass is 286 g/mol. The topological polar surface area (TPSA) is 17.0 Å². The van der Waals surface area contributed by atoms with Crippen molar-refractivity contribution in [2.75, 3.05) is 25.1 Å². The molecule has 2 aromatic rings. The van der Waals surface area contributed by atoms with Crippen molar-refractivity contribution in [3.63, 3.8) is 0 Å². The molecular weight excluding hydrogens is 264 g/mol. The lowest BCUT2D eigenvalue weighted by molar-refractivity contribution is 0.707. The SMILES string of the molecule is CSCCCn1cc(C2=CCNCC2)c2ccccc21. The molecule has 0 spiro atoms. The summed E-state index contributed by atoms with van der Waals surface area (Å²) in [5, 5.41) is 4.80. The van der Waals surface area contributed by atoms with Crippen LogP contribution in [0.2, 0.25) is 0 Å². The van der Waals surface area contributed by atoms with Gasteiger partial charge in [0.25, 0.3) is 0 Å². The number of nitrogens with zero attached hydrogens (tertiary/aromatic N) is 1. The first-order valence-electron chi connectivity index (χ1n) is 7.37. The van der Waals surface area contributed by atoms with E-state index in [1.807, 2.05) is 11.8 Å². The van der Waals surface area contributed by atoms with E-state index in [4.69, 9.17) is 0 Å². The number of benzene rings is 1. The van der Waals surface area contributed by atoms with Crippen LogP contribution in [0.25, 0.3) is 16.5 Å². The second-order valence-corrected chi connectivity index (χ2v) is 6.27. The van der Waals surface area contributed by atoms with Crippen LogP contribution in [0, 0.1) is 0 Å². The highest BCUT2D eigenvalue weighted by Crippen LogP contribution is 2.30. The molecule has 0 bridgehead atoms. The van der Waals surface area contributed by atoms with Crippen molar-refractivity contribution in [1.82, 2.24) is 9.88 Å². The molecule has 1 aliphatic heterocycles. The Hall–Kier alpha value is -1.19. The summed E-state index contributed by atoms with van der Waals surface area (Å²) in [6, 6.07) is 8.81. The largest absolute Gasteiger partial charge is 0.347 e. The van der Waals surface area contributed by atoms with Crippen molar-refractivity contribution in [2.24, 2.45) is 0 Å². The van der Waals surface area contributed by atoms with Gasteiger partial charge in [0, 0.05) is 35.8 Å². The Balaban J connectivity index is 1.97.